The molecule has 0 spiro atoms. The fourth-order valence-electron chi connectivity index (χ4n) is 4.22. The number of aliphatic hydroxyl groups is 1. The van der Waals surface area contributed by atoms with Crippen LogP contribution < -0.4 is 35.5 Å². The zero-order chi connectivity index (χ0) is 30.5. The van der Waals surface area contributed by atoms with Crippen LogP contribution in [0.2, 0.25) is 0 Å². The van der Waals surface area contributed by atoms with Crippen LogP contribution in [-0.4, -0.2) is 62.5 Å². The summed E-state index contributed by atoms with van der Waals surface area (Å²) in [5.74, 6) is 0.758. The van der Waals surface area contributed by atoms with E-state index < -0.39 is 36.0 Å². The molecule has 0 heterocycles. The molecule has 0 saturated heterocycles. The maximum Gasteiger partial charge on any atom is 0.315 e. The molecular formula is C30H44N4O7. The van der Waals surface area contributed by atoms with Crippen LogP contribution in [0.25, 0.3) is 0 Å². The summed E-state index contributed by atoms with van der Waals surface area (Å²) < 4.78 is 15.9. The number of aliphatic hydroxyl groups excluding tert-OH is 1. The third-order valence-corrected chi connectivity index (χ3v) is 6.51. The molecule has 0 aliphatic carbocycles. The van der Waals surface area contributed by atoms with Gasteiger partial charge >= 0.3 is 6.03 Å². The van der Waals surface area contributed by atoms with Crippen molar-refractivity contribution in [3.63, 3.8) is 0 Å². The first kappa shape index (κ1) is 33.2. The number of amides is 4. The van der Waals surface area contributed by atoms with Crippen LogP contribution in [0, 0.1) is 12.8 Å². The first-order chi connectivity index (χ1) is 19.5. The number of methoxy groups -OCH3 is 3. The Labute approximate surface area is 242 Å². The van der Waals surface area contributed by atoms with E-state index in [9.17, 15) is 19.5 Å². The van der Waals surface area contributed by atoms with Crippen LogP contribution in [0.5, 0.6) is 17.2 Å². The SMILES string of the molecule is CCC(NC(=O)C(CC(C)C)NC(=O)NCc1ccc(C)cc1OC)C(O)C(=O)NCc1cc(OC)cc(OC)c1. The van der Waals surface area contributed by atoms with Crippen molar-refractivity contribution in [1.82, 2.24) is 21.3 Å². The van der Waals surface area contributed by atoms with Gasteiger partial charge < -0.3 is 40.6 Å². The Morgan fingerprint density at radius 2 is 1.51 bits per heavy atom. The average Bonchev–Trinajstić information content (AvgIpc) is 2.96. The minimum absolute atomic E-state index is 0.0939. The highest BCUT2D eigenvalue weighted by molar-refractivity contribution is 5.88. The first-order valence-corrected chi connectivity index (χ1v) is 13.7. The van der Waals surface area contributed by atoms with Gasteiger partial charge in [0.25, 0.3) is 5.91 Å². The van der Waals surface area contributed by atoms with Crippen LogP contribution in [0.4, 0.5) is 4.79 Å². The van der Waals surface area contributed by atoms with Gasteiger partial charge in [0.1, 0.15) is 23.3 Å². The maximum absolute atomic E-state index is 13.2. The number of rotatable bonds is 15. The highest BCUT2D eigenvalue weighted by atomic mass is 16.5. The van der Waals surface area contributed by atoms with Crippen molar-refractivity contribution in [3.8, 4) is 17.2 Å². The molecule has 0 bridgehead atoms. The summed E-state index contributed by atoms with van der Waals surface area (Å²) >= 11 is 0. The van der Waals surface area contributed by atoms with E-state index in [2.05, 4.69) is 21.3 Å². The zero-order valence-electron chi connectivity index (χ0n) is 25.0. The lowest BCUT2D eigenvalue weighted by atomic mass is 10.0. The molecule has 0 radical (unpaired) electrons. The van der Waals surface area contributed by atoms with Gasteiger partial charge in [-0.2, -0.15) is 0 Å². The summed E-state index contributed by atoms with van der Waals surface area (Å²) in [6.45, 7) is 7.90. The largest absolute Gasteiger partial charge is 0.497 e. The molecule has 0 aliphatic heterocycles. The summed E-state index contributed by atoms with van der Waals surface area (Å²) in [7, 11) is 4.62. The molecule has 0 saturated carbocycles. The van der Waals surface area contributed by atoms with Crippen LogP contribution in [0.3, 0.4) is 0 Å². The molecule has 0 fully saturated rings. The molecule has 3 unspecified atom stereocenters. The Kier molecular flexibility index (Phi) is 13.2. The third kappa shape index (κ3) is 10.5. The predicted molar refractivity (Wildman–Crippen MR) is 156 cm³/mol. The molecular weight excluding hydrogens is 528 g/mol. The van der Waals surface area contributed by atoms with Crippen LogP contribution >= 0.6 is 0 Å². The van der Waals surface area contributed by atoms with Crippen LogP contribution in [0.15, 0.2) is 36.4 Å². The minimum Gasteiger partial charge on any atom is -0.497 e. The summed E-state index contributed by atoms with van der Waals surface area (Å²) in [6, 6.07) is 8.62. The number of ether oxygens (including phenoxy) is 3. The van der Waals surface area contributed by atoms with Gasteiger partial charge in [0, 0.05) is 24.7 Å². The van der Waals surface area contributed by atoms with Crippen molar-refractivity contribution in [1.29, 1.82) is 0 Å². The normalized spacial score (nSPS) is 13.0. The second-order valence-corrected chi connectivity index (χ2v) is 10.2. The summed E-state index contributed by atoms with van der Waals surface area (Å²) in [5.41, 5.74) is 2.55. The lowest BCUT2D eigenvalue weighted by molar-refractivity contribution is -0.132. The molecule has 226 valence electrons. The standard InChI is InChI=1S/C30H44N4O7/c1-8-24(27(35)29(37)31-16-20-13-22(39-5)15-23(14-20)40-6)33-28(36)25(11-18(2)3)34-30(38)32-17-21-10-9-19(4)12-26(21)41-7/h9-10,12-15,18,24-25,27,35H,8,11,16-17H2,1-7H3,(H,31,37)(H,33,36)(H2,32,34,38). The van der Waals surface area contributed by atoms with Gasteiger partial charge in [-0.05, 0) is 55.0 Å². The van der Waals surface area contributed by atoms with Gasteiger partial charge in [-0.25, -0.2) is 4.79 Å². The Morgan fingerprint density at radius 1 is 0.854 bits per heavy atom. The van der Waals surface area contributed by atoms with Crippen molar-refractivity contribution in [2.75, 3.05) is 21.3 Å². The average molecular weight is 573 g/mol. The van der Waals surface area contributed by atoms with E-state index in [4.69, 9.17) is 14.2 Å². The Balaban J connectivity index is 2.00. The Morgan fingerprint density at radius 3 is 2.07 bits per heavy atom. The smallest absolute Gasteiger partial charge is 0.315 e. The number of carbonyl (C=O) groups excluding carboxylic acids is 3. The Hall–Kier alpha value is -3.99. The first-order valence-electron chi connectivity index (χ1n) is 13.7. The van der Waals surface area contributed by atoms with Gasteiger partial charge in [-0.15, -0.1) is 0 Å². The van der Waals surface area contributed by atoms with E-state index in [1.165, 1.54) is 14.2 Å². The summed E-state index contributed by atoms with van der Waals surface area (Å²) in [5, 5.41) is 21.7. The summed E-state index contributed by atoms with van der Waals surface area (Å²) in [4.78, 5) is 38.7. The minimum atomic E-state index is -1.50. The van der Waals surface area contributed by atoms with Crippen molar-refractivity contribution in [2.45, 2.75) is 71.8 Å². The second-order valence-electron chi connectivity index (χ2n) is 10.2. The van der Waals surface area contributed by atoms with E-state index >= 15 is 0 Å². The van der Waals surface area contributed by atoms with E-state index in [1.807, 2.05) is 39.0 Å². The maximum atomic E-state index is 13.2. The van der Waals surface area contributed by atoms with Crippen molar-refractivity contribution in [2.24, 2.45) is 5.92 Å². The van der Waals surface area contributed by atoms with Gasteiger partial charge in [0.2, 0.25) is 5.91 Å². The third-order valence-electron chi connectivity index (χ3n) is 6.51. The molecule has 41 heavy (non-hydrogen) atoms. The number of urea groups is 1. The molecule has 11 heteroatoms. The van der Waals surface area contributed by atoms with Crippen LogP contribution in [0.1, 0.15) is 50.3 Å². The molecule has 2 aromatic carbocycles. The summed E-state index contributed by atoms with van der Waals surface area (Å²) in [6.07, 6.45) is -0.844. The molecule has 2 rings (SSSR count). The molecule has 0 aliphatic rings. The zero-order valence-corrected chi connectivity index (χ0v) is 25.0. The highest BCUT2D eigenvalue weighted by Crippen LogP contribution is 2.22. The van der Waals surface area contributed by atoms with Crippen molar-refractivity contribution in [3.05, 3.63) is 53.1 Å². The second kappa shape index (κ2) is 16.3. The highest BCUT2D eigenvalue weighted by Gasteiger charge is 2.30. The molecule has 0 aromatic heterocycles. The van der Waals surface area contributed by atoms with Gasteiger partial charge in [0.05, 0.1) is 27.4 Å². The van der Waals surface area contributed by atoms with Crippen LogP contribution in [-0.2, 0) is 22.7 Å². The van der Waals surface area contributed by atoms with E-state index in [0.29, 0.717) is 35.7 Å². The topological polar surface area (TPSA) is 147 Å². The molecule has 2 aromatic rings. The molecule has 5 N–H and O–H groups in total. The van der Waals surface area contributed by atoms with Gasteiger partial charge in [0.15, 0.2) is 6.10 Å². The van der Waals surface area contributed by atoms with E-state index in [-0.39, 0.29) is 19.0 Å². The number of nitrogens with one attached hydrogen (secondary N) is 4. The lowest BCUT2D eigenvalue weighted by Crippen LogP contribution is -2.56. The number of benzene rings is 2. The fraction of sp³-hybridized carbons (Fsp3) is 0.500. The van der Waals surface area contributed by atoms with E-state index in [1.54, 1.807) is 32.2 Å². The van der Waals surface area contributed by atoms with Crippen molar-refractivity contribution >= 4 is 17.8 Å². The molecule has 4 amide bonds. The lowest BCUT2D eigenvalue weighted by Gasteiger charge is -2.26. The van der Waals surface area contributed by atoms with Gasteiger partial charge in [-0.3, -0.25) is 9.59 Å². The van der Waals surface area contributed by atoms with E-state index in [0.717, 1.165) is 11.1 Å². The van der Waals surface area contributed by atoms with Gasteiger partial charge in [-0.1, -0.05) is 32.9 Å². The number of hydrogen-bond acceptors (Lipinski definition) is 7. The van der Waals surface area contributed by atoms with Crippen molar-refractivity contribution < 1.29 is 33.7 Å². The molecule has 11 nitrogen and oxygen atoms in total. The fourth-order valence-corrected chi connectivity index (χ4v) is 4.22. The predicted octanol–water partition coefficient (Wildman–Crippen LogP) is 2.81. The number of hydrogen-bond donors (Lipinski definition) is 5. The Bertz CT molecular complexity index is 1150. The molecule has 3 atom stereocenters. The number of carbonyl (C=O) groups is 3. The monoisotopic (exact) mass is 572 g/mol. The number of aryl methyl sites for hydroxylation is 1. The quantitative estimate of drug-likeness (QED) is 0.221.